The van der Waals surface area contributed by atoms with Crippen LogP contribution >= 0.6 is 0 Å². The normalized spacial score (nSPS) is 17.1. The highest BCUT2D eigenvalue weighted by Crippen LogP contribution is 2.33. The molecule has 1 aliphatic heterocycles. The van der Waals surface area contributed by atoms with Crippen LogP contribution in [-0.4, -0.2) is 23.2 Å². The summed E-state index contributed by atoms with van der Waals surface area (Å²) in [6.45, 7) is 0.904. The van der Waals surface area contributed by atoms with Crippen molar-refractivity contribution in [3.63, 3.8) is 0 Å². The zero-order valence-electron chi connectivity index (χ0n) is 16.9. The molecule has 0 unspecified atom stereocenters. The van der Waals surface area contributed by atoms with Gasteiger partial charge in [0.05, 0.1) is 4.90 Å². The van der Waals surface area contributed by atoms with Crippen molar-refractivity contribution in [3.05, 3.63) is 59.9 Å². The minimum absolute atomic E-state index is 0.288. The maximum absolute atomic E-state index is 12.9. The van der Waals surface area contributed by atoms with Gasteiger partial charge in [0.1, 0.15) is 5.82 Å². The summed E-state index contributed by atoms with van der Waals surface area (Å²) in [7, 11) is -3.65. The minimum Gasteiger partial charge on any atom is -0.311 e. The van der Waals surface area contributed by atoms with Crippen molar-refractivity contribution in [2.75, 3.05) is 4.72 Å². The van der Waals surface area contributed by atoms with Crippen LogP contribution in [0.15, 0.2) is 53.4 Å². The van der Waals surface area contributed by atoms with Gasteiger partial charge in [0.2, 0.25) is 0 Å². The number of sulfonamides is 1. The number of hydrogen-bond donors (Lipinski definition) is 1. The molecule has 0 bridgehead atoms. The van der Waals surface area contributed by atoms with Crippen LogP contribution in [0.5, 0.6) is 0 Å². The Bertz CT molecular complexity index is 1150. The molecule has 1 aromatic heterocycles. The molecule has 0 saturated heterocycles. The summed E-state index contributed by atoms with van der Waals surface area (Å²) in [6.07, 6.45) is 8.24. The Morgan fingerprint density at radius 3 is 2.53 bits per heavy atom. The van der Waals surface area contributed by atoms with Crippen LogP contribution in [0.25, 0.3) is 11.4 Å². The molecule has 30 heavy (non-hydrogen) atoms. The topological polar surface area (TPSA) is 76.9 Å². The fourth-order valence-electron chi connectivity index (χ4n) is 4.65. The lowest BCUT2D eigenvalue weighted by Crippen LogP contribution is -2.13. The van der Waals surface area contributed by atoms with E-state index in [1.807, 2.05) is 30.3 Å². The van der Waals surface area contributed by atoms with E-state index in [4.69, 9.17) is 0 Å². The van der Waals surface area contributed by atoms with Gasteiger partial charge in [-0.15, -0.1) is 10.2 Å². The highest BCUT2D eigenvalue weighted by Gasteiger charge is 2.20. The molecule has 6 nitrogen and oxygen atoms in total. The molecule has 0 atom stereocenters. The number of benzene rings is 2. The van der Waals surface area contributed by atoms with Gasteiger partial charge < -0.3 is 4.57 Å². The molecule has 0 radical (unpaired) electrons. The second kappa shape index (κ2) is 7.87. The molecule has 1 fully saturated rings. The van der Waals surface area contributed by atoms with Crippen LogP contribution < -0.4 is 4.72 Å². The van der Waals surface area contributed by atoms with Gasteiger partial charge >= 0.3 is 0 Å². The van der Waals surface area contributed by atoms with Gasteiger partial charge in [0.25, 0.3) is 10.0 Å². The van der Waals surface area contributed by atoms with Crippen LogP contribution in [0.1, 0.15) is 55.8 Å². The fraction of sp³-hybridized carbons (Fsp3) is 0.391. The first-order valence-corrected chi connectivity index (χ1v) is 12.2. The lowest BCUT2D eigenvalue weighted by molar-refractivity contribution is 0.443. The Labute approximate surface area is 177 Å². The van der Waals surface area contributed by atoms with Crippen LogP contribution in [0.4, 0.5) is 5.69 Å². The number of aryl methyl sites for hydroxylation is 1. The highest BCUT2D eigenvalue weighted by atomic mass is 32.2. The zero-order valence-corrected chi connectivity index (χ0v) is 17.7. The number of fused-ring (bicyclic) bond motifs is 1. The molecule has 0 spiro atoms. The number of nitrogens with one attached hydrogen (secondary N) is 1. The van der Waals surface area contributed by atoms with Gasteiger partial charge in [-0.05, 0) is 55.0 Å². The predicted molar refractivity (Wildman–Crippen MR) is 117 cm³/mol. The molecule has 1 N–H and O–H groups in total. The molecular weight excluding hydrogens is 396 g/mol. The molecule has 0 amide bonds. The monoisotopic (exact) mass is 422 g/mol. The van der Waals surface area contributed by atoms with Crippen molar-refractivity contribution in [3.8, 4) is 11.4 Å². The first kappa shape index (κ1) is 19.3. The zero-order chi connectivity index (χ0) is 20.6. The third kappa shape index (κ3) is 3.74. The van der Waals surface area contributed by atoms with Crippen LogP contribution in [-0.2, 0) is 23.0 Å². The summed E-state index contributed by atoms with van der Waals surface area (Å²) >= 11 is 0. The lowest BCUT2D eigenvalue weighted by Gasteiger charge is -2.22. The number of hydrogen-bond acceptors (Lipinski definition) is 4. The van der Waals surface area contributed by atoms with Gasteiger partial charge in [-0.3, -0.25) is 4.72 Å². The Balaban J connectivity index is 1.36. The molecule has 1 saturated carbocycles. The van der Waals surface area contributed by atoms with E-state index in [0.29, 0.717) is 11.6 Å². The van der Waals surface area contributed by atoms with Gasteiger partial charge in [-0.1, -0.05) is 43.5 Å². The summed E-state index contributed by atoms with van der Waals surface area (Å²) in [6, 6.07) is 14.8. The van der Waals surface area contributed by atoms with Crippen molar-refractivity contribution >= 4 is 15.7 Å². The molecular formula is C23H26N4O2S. The first-order valence-electron chi connectivity index (χ1n) is 10.8. The summed E-state index contributed by atoms with van der Waals surface area (Å²) in [5, 5.41) is 8.54. The second-order valence-electron chi connectivity index (χ2n) is 8.29. The third-order valence-electron chi connectivity index (χ3n) is 6.25. The smallest absolute Gasteiger partial charge is 0.261 e. The van der Waals surface area contributed by atoms with E-state index in [9.17, 15) is 8.42 Å². The largest absolute Gasteiger partial charge is 0.311 e. The van der Waals surface area contributed by atoms with E-state index < -0.39 is 10.0 Å². The van der Waals surface area contributed by atoms with Gasteiger partial charge in [-0.25, -0.2) is 8.42 Å². The minimum atomic E-state index is -3.65. The predicted octanol–water partition coefficient (Wildman–Crippen LogP) is 4.74. The van der Waals surface area contributed by atoms with Crippen molar-refractivity contribution in [1.29, 1.82) is 0 Å². The van der Waals surface area contributed by atoms with E-state index in [2.05, 4.69) is 19.5 Å². The lowest BCUT2D eigenvalue weighted by atomic mass is 9.84. The van der Waals surface area contributed by atoms with Crippen molar-refractivity contribution in [2.45, 2.75) is 62.3 Å². The molecule has 3 aromatic rings. The SMILES string of the molecule is O=S(=O)(Nc1cccc(-c2nnc3n2CCC3)c1)c1ccc(C2CCCCC2)cc1. The van der Waals surface area contributed by atoms with Crippen molar-refractivity contribution < 1.29 is 8.42 Å². The third-order valence-corrected chi connectivity index (χ3v) is 7.65. The summed E-state index contributed by atoms with van der Waals surface area (Å²) in [4.78, 5) is 0.288. The molecule has 2 heterocycles. The van der Waals surface area contributed by atoms with Crippen LogP contribution in [0.2, 0.25) is 0 Å². The summed E-state index contributed by atoms with van der Waals surface area (Å²) in [5.74, 6) is 2.35. The van der Waals surface area contributed by atoms with E-state index in [1.165, 1.54) is 37.7 Å². The standard InChI is InChI=1S/C23H26N4O2S/c28-30(29,21-13-11-18(12-14-21)17-6-2-1-3-7-17)26-20-9-4-8-19(16-20)23-25-24-22-10-5-15-27(22)23/h4,8-9,11-14,16-17,26H,1-3,5-7,10,15H2. The van der Waals surface area contributed by atoms with Gasteiger partial charge in [-0.2, -0.15) is 0 Å². The fourth-order valence-corrected chi connectivity index (χ4v) is 5.70. The Morgan fingerprint density at radius 2 is 1.73 bits per heavy atom. The molecule has 156 valence electrons. The van der Waals surface area contributed by atoms with E-state index in [0.717, 1.165) is 36.6 Å². The molecule has 5 rings (SSSR count). The average molecular weight is 423 g/mol. The van der Waals surface area contributed by atoms with E-state index in [-0.39, 0.29) is 4.90 Å². The Morgan fingerprint density at radius 1 is 0.933 bits per heavy atom. The van der Waals surface area contributed by atoms with Crippen molar-refractivity contribution in [2.24, 2.45) is 0 Å². The van der Waals surface area contributed by atoms with Crippen LogP contribution in [0.3, 0.4) is 0 Å². The highest BCUT2D eigenvalue weighted by molar-refractivity contribution is 7.92. The van der Waals surface area contributed by atoms with E-state index in [1.54, 1.807) is 18.2 Å². The number of rotatable bonds is 5. The van der Waals surface area contributed by atoms with Crippen LogP contribution in [0, 0.1) is 0 Å². The number of nitrogens with zero attached hydrogens (tertiary/aromatic N) is 3. The maximum Gasteiger partial charge on any atom is 0.261 e. The summed E-state index contributed by atoms with van der Waals surface area (Å²) in [5.41, 5.74) is 2.64. The number of aromatic nitrogens is 3. The maximum atomic E-state index is 12.9. The van der Waals surface area contributed by atoms with Gasteiger partial charge in [0, 0.05) is 24.2 Å². The van der Waals surface area contributed by atoms with E-state index >= 15 is 0 Å². The second-order valence-corrected chi connectivity index (χ2v) is 9.97. The quantitative estimate of drug-likeness (QED) is 0.644. The Hall–Kier alpha value is -2.67. The number of anilines is 1. The molecule has 7 heteroatoms. The molecule has 1 aliphatic carbocycles. The first-order chi connectivity index (χ1) is 14.6. The molecule has 2 aliphatic rings. The Kier molecular flexibility index (Phi) is 5.06. The average Bonchev–Trinajstić information content (AvgIpc) is 3.38. The van der Waals surface area contributed by atoms with Gasteiger partial charge in [0.15, 0.2) is 5.82 Å². The summed E-state index contributed by atoms with van der Waals surface area (Å²) < 4.78 is 30.7. The van der Waals surface area contributed by atoms with Crippen molar-refractivity contribution in [1.82, 2.24) is 14.8 Å². The molecule has 2 aromatic carbocycles.